The summed E-state index contributed by atoms with van der Waals surface area (Å²) in [4.78, 5) is 16.8. The summed E-state index contributed by atoms with van der Waals surface area (Å²) in [5, 5.41) is 10.3. The Morgan fingerprint density at radius 3 is 2.75 bits per heavy atom. The van der Waals surface area contributed by atoms with E-state index in [0.29, 0.717) is 16.6 Å². The van der Waals surface area contributed by atoms with Crippen LogP contribution in [-0.2, 0) is 0 Å². The predicted octanol–water partition coefficient (Wildman–Crippen LogP) is 2.36. The third-order valence-electron chi connectivity index (χ3n) is 4.30. The highest BCUT2D eigenvalue weighted by Gasteiger charge is 2.32. The molecule has 1 unspecified atom stereocenters. The Hall–Kier alpha value is -1.26. The predicted molar refractivity (Wildman–Crippen MR) is 78.2 cm³/mol. The van der Waals surface area contributed by atoms with Crippen LogP contribution in [0.15, 0.2) is 18.2 Å². The molecule has 2 heterocycles. The van der Waals surface area contributed by atoms with E-state index in [9.17, 15) is 9.90 Å². The highest BCUT2D eigenvalue weighted by Crippen LogP contribution is 2.26. The van der Waals surface area contributed by atoms with Crippen molar-refractivity contribution in [2.75, 3.05) is 26.2 Å². The molecule has 5 heteroatoms. The van der Waals surface area contributed by atoms with Crippen LogP contribution in [0.3, 0.4) is 0 Å². The van der Waals surface area contributed by atoms with Gasteiger partial charge in [0.2, 0.25) is 0 Å². The van der Waals surface area contributed by atoms with Gasteiger partial charge in [-0.15, -0.1) is 0 Å². The van der Waals surface area contributed by atoms with Gasteiger partial charge in [0.05, 0.1) is 5.56 Å². The van der Waals surface area contributed by atoms with Crippen molar-refractivity contribution >= 4 is 17.5 Å². The fraction of sp³-hybridized carbons (Fsp3) is 0.533. The standard InChI is InChI=1S/C15H19ClN2O2/c16-11-3-4-14(19)13(9-11)15(20)18-8-5-12(10-18)17-6-1-2-7-17/h3-4,9,12,19H,1-2,5-8,10H2. The van der Waals surface area contributed by atoms with E-state index in [-0.39, 0.29) is 11.7 Å². The number of amides is 1. The number of aromatic hydroxyl groups is 1. The van der Waals surface area contributed by atoms with E-state index in [4.69, 9.17) is 11.6 Å². The van der Waals surface area contributed by atoms with Gasteiger partial charge >= 0.3 is 0 Å². The smallest absolute Gasteiger partial charge is 0.257 e. The van der Waals surface area contributed by atoms with Crippen molar-refractivity contribution in [3.05, 3.63) is 28.8 Å². The molecule has 108 valence electrons. The number of phenols is 1. The van der Waals surface area contributed by atoms with Gasteiger partial charge < -0.3 is 10.0 Å². The normalized spacial score (nSPS) is 23.4. The lowest BCUT2D eigenvalue weighted by molar-refractivity contribution is 0.0777. The molecule has 0 radical (unpaired) electrons. The molecule has 1 N–H and O–H groups in total. The topological polar surface area (TPSA) is 43.8 Å². The van der Waals surface area contributed by atoms with E-state index in [0.717, 1.165) is 32.6 Å². The van der Waals surface area contributed by atoms with Gasteiger partial charge in [-0.3, -0.25) is 9.69 Å². The lowest BCUT2D eigenvalue weighted by Crippen LogP contribution is -2.37. The maximum absolute atomic E-state index is 12.5. The summed E-state index contributed by atoms with van der Waals surface area (Å²) in [5.41, 5.74) is 0.305. The van der Waals surface area contributed by atoms with Gasteiger partial charge in [-0.25, -0.2) is 0 Å². The summed E-state index contributed by atoms with van der Waals surface area (Å²) in [6.07, 6.45) is 3.55. The fourth-order valence-electron chi connectivity index (χ4n) is 3.18. The molecule has 1 aromatic rings. The molecule has 0 aromatic heterocycles. The zero-order chi connectivity index (χ0) is 14.1. The first-order valence-corrected chi connectivity index (χ1v) is 7.55. The minimum atomic E-state index is -0.119. The van der Waals surface area contributed by atoms with Crippen LogP contribution >= 0.6 is 11.6 Å². The second kappa shape index (κ2) is 5.62. The first-order valence-electron chi connectivity index (χ1n) is 7.17. The van der Waals surface area contributed by atoms with E-state index in [1.165, 1.54) is 18.9 Å². The van der Waals surface area contributed by atoms with Crippen LogP contribution < -0.4 is 0 Å². The molecule has 2 fully saturated rings. The third kappa shape index (κ3) is 2.63. The number of benzene rings is 1. The van der Waals surface area contributed by atoms with Gasteiger partial charge in [0, 0.05) is 24.2 Å². The Morgan fingerprint density at radius 2 is 2.00 bits per heavy atom. The van der Waals surface area contributed by atoms with Crippen LogP contribution in [-0.4, -0.2) is 53.0 Å². The second-order valence-corrected chi connectivity index (χ2v) is 6.03. The number of likely N-dealkylation sites (tertiary alicyclic amines) is 2. The number of phenolic OH excluding ortho intramolecular Hbond substituents is 1. The molecule has 0 bridgehead atoms. The maximum atomic E-state index is 12.5. The molecule has 4 nitrogen and oxygen atoms in total. The SMILES string of the molecule is O=C(c1cc(Cl)ccc1O)N1CCC(N2CCCC2)C1. The molecule has 3 rings (SSSR count). The molecule has 2 aliphatic heterocycles. The van der Waals surface area contributed by atoms with Crippen molar-refractivity contribution in [2.45, 2.75) is 25.3 Å². The van der Waals surface area contributed by atoms with Crippen molar-refractivity contribution in [3.8, 4) is 5.75 Å². The average Bonchev–Trinajstić information content (AvgIpc) is 3.10. The largest absolute Gasteiger partial charge is 0.507 e. The second-order valence-electron chi connectivity index (χ2n) is 5.60. The molecule has 20 heavy (non-hydrogen) atoms. The molecular formula is C15H19ClN2O2. The first kappa shape index (κ1) is 13.7. The van der Waals surface area contributed by atoms with Gasteiger partial charge in [-0.05, 0) is 50.6 Å². The van der Waals surface area contributed by atoms with E-state index in [1.807, 2.05) is 4.90 Å². The fourth-order valence-corrected chi connectivity index (χ4v) is 3.35. The average molecular weight is 295 g/mol. The van der Waals surface area contributed by atoms with Crippen molar-refractivity contribution in [2.24, 2.45) is 0 Å². The lowest BCUT2D eigenvalue weighted by Gasteiger charge is -2.23. The minimum Gasteiger partial charge on any atom is -0.507 e. The van der Waals surface area contributed by atoms with Crippen LogP contribution in [0.5, 0.6) is 5.75 Å². The monoisotopic (exact) mass is 294 g/mol. The van der Waals surface area contributed by atoms with E-state index < -0.39 is 0 Å². The summed E-state index contributed by atoms with van der Waals surface area (Å²) in [7, 11) is 0. The lowest BCUT2D eigenvalue weighted by atomic mass is 10.2. The number of hydrogen-bond donors (Lipinski definition) is 1. The zero-order valence-electron chi connectivity index (χ0n) is 11.4. The maximum Gasteiger partial charge on any atom is 0.257 e. The molecule has 0 aliphatic carbocycles. The Morgan fingerprint density at radius 1 is 1.25 bits per heavy atom. The number of carbonyl (C=O) groups excluding carboxylic acids is 1. The Kier molecular flexibility index (Phi) is 3.85. The van der Waals surface area contributed by atoms with Gasteiger partial charge in [0.1, 0.15) is 5.75 Å². The molecule has 2 saturated heterocycles. The highest BCUT2D eigenvalue weighted by molar-refractivity contribution is 6.31. The Bertz CT molecular complexity index is 515. The summed E-state index contributed by atoms with van der Waals surface area (Å²) in [5.74, 6) is -0.115. The number of carbonyl (C=O) groups is 1. The number of hydrogen-bond acceptors (Lipinski definition) is 3. The molecule has 0 saturated carbocycles. The van der Waals surface area contributed by atoms with Crippen molar-refractivity contribution < 1.29 is 9.90 Å². The number of rotatable bonds is 2. The van der Waals surface area contributed by atoms with Crippen LogP contribution in [0.25, 0.3) is 0 Å². The van der Waals surface area contributed by atoms with Crippen LogP contribution in [0.4, 0.5) is 0 Å². The van der Waals surface area contributed by atoms with Gasteiger partial charge in [-0.2, -0.15) is 0 Å². The Balaban J connectivity index is 1.70. The van der Waals surface area contributed by atoms with E-state index in [2.05, 4.69) is 4.90 Å². The van der Waals surface area contributed by atoms with Crippen molar-refractivity contribution in [1.29, 1.82) is 0 Å². The summed E-state index contributed by atoms with van der Waals surface area (Å²) in [6, 6.07) is 5.08. The highest BCUT2D eigenvalue weighted by atomic mass is 35.5. The molecule has 1 aromatic carbocycles. The zero-order valence-corrected chi connectivity index (χ0v) is 12.1. The molecule has 1 atom stereocenters. The molecule has 2 aliphatic rings. The van der Waals surface area contributed by atoms with Crippen LogP contribution in [0, 0.1) is 0 Å². The Labute approximate surface area is 123 Å². The number of nitrogens with zero attached hydrogens (tertiary/aromatic N) is 2. The van der Waals surface area contributed by atoms with E-state index in [1.54, 1.807) is 12.1 Å². The van der Waals surface area contributed by atoms with Crippen LogP contribution in [0.1, 0.15) is 29.6 Å². The summed E-state index contributed by atoms with van der Waals surface area (Å²) >= 11 is 5.91. The molecular weight excluding hydrogens is 276 g/mol. The number of halogens is 1. The minimum absolute atomic E-state index is 0.00372. The summed E-state index contributed by atoms with van der Waals surface area (Å²) < 4.78 is 0. The van der Waals surface area contributed by atoms with Crippen LogP contribution in [0.2, 0.25) is 5.02 Å². The quantitative estimate of drug-likeness (QED) is 0.910. The first-order chi connectivity index (χ1) is 9.65. The van der Waals surface area contributed by atoms with Crippen molar-refractivity contribution in [3.63, 3.8) is 0 Å². The van der Waals surface area contributed by atoms with Crippen molar-refractivity contribution in [1.82, 2.24) is 9.80 Å². The summed E-state index contributed by atoms with van der Waals surface area (Å²) in [6.45, 7) is 3.81. The van der Waals surface area contributed by atoms with Gasteiger partial charge in [0.25, 0.3) is 5.91 Å². The molecule has 0 spiro atoms. The van der Waals surface area contributed by atoms with E-state index >= 15 is 0 Å². The van der Waals surface area contributed by atoms with Gasteiger partial charge in [0.15, 0.2) is 0 Å². The third-order valence-corrected chi connectivity index (χ3v) is 4.53. The van der Waals surface area contributed by atoms with Gasteiger partial charge in [-0.1, -0.05) is 11.6 Å². The molecule has 1 amide bonds.